The van der Waals surface area contributed by atoms with Crippen molar-refractivity contribution in [3.63, 3.8) is 0 Å². The Morgan fingerprint density at radius 3 is 2.34 bits per heavy atom. The van der Waals surface area contributed by atoms with E-state index < -0.39 is 21.6 Å². The van der Waals surface area contributed by atoms with E-state index in [1.807, 2.05) is 0 Å². The molecular formula is C20H19F2N3O6S. The van der Waals surface area contributed by atoms with Crippen LogP contribution in [0.2, 0.25) is 0 Å². The largest absolute Gasteiger partial charge is 0.435 e. The van der Waals surface area contributed by atoms with Gasteiger partial charge in [-0.15, -0.1) is 0 Å². The molecule has 0 atom stereocenters. The summed E-state index contributed by atoms with van der Waals surface area (Å²) in [4.78, 5) is 23.9. The van der Waals surface area contributed by atoms with Crippen molar-refractivity contribution < 1.29 is 31.7 Å². The van der Waals surface area contributed by atoms with Gasteiger partial charge in [-0.3, -0.25) is 14.9 Å². The minimum Gasteiger partial charge on any atom is -0.435 e. The number of hydrogen-bond donors (Lipinski definition) is 0. The number of alkyl halides is 2. The third-order valence-corrected chi connectivity index (χ3v) is 6.63. The molecule has 0 radical (unpaired) electrons. The molecule has 0 bridgehead atoms. The van der Waals surface area contributed by atoms with Crippen LogP contribution in [0.5, 0.6) is 5.75 Å². The predicted molar refractivity (Wildman–Crippen MR) is 111 cm³/mol. The molecule has 3 rings (SSSR count). The molecule has 170 valence electrons. The monoisotopic (exact) mass is 467 g/mol. The van der Waals surface area contributed by atoms with Crippen LogP contribution in [0.25, 0.3) is 6.08 Å². The molecule has 9 nitrogen and oxygen atoms in total. The number of sulfonamides is 1. The molecule has 0 N–H and O–H groups in total. The number of nitro groups is 1. The van der Waals surface area contributed by atoms with E-state index in [4.69, 9.17) is 0 Å². The zero-order valence-electron chi connectivity index (χ0n) is 16.6. The fourth-order valence-corrected chi connectivity index (χ4v) is 4.55. The number of piperazine rings is 1. The van der Waals surface area contributed by atoms with Crippen LogP contribution in [0.1, 0.15) is 5.56 Å². The van der Waals surface area contributed by atoms with Gasteiger partial charge in [0.2, 0.25) is 15.9 Å². The van der Waals surface area contributed by atoms with Crippen LogP contribution < -0.4 is 4.74 Å². The molecular weight excluding hydrogens is 448 g/mol. The van der Waals surface area contributed by atoms with Gasteiger partial charge in [-0.2, -0.15) is 13.1 Å². The SMILES string of the molecule is O=C(/C=C/c1ccc(OC(F)F)cc1)N1CCN(S(=O)(=O)c2cccc([N+](=O)[O-])c2)CC1. The number of non-ortho nitro benzene ring substituents is 1. The van der Waals surface area contributed by atoms with Gasteiger partial charge in [-0.25, -0.2) is 8.42 Å². The first-order valence-corrected chi connectivity index (χ1v) is 10.9. The lowest BCUT2D eigenvalue weighted by Gasteiger charge is -2.33. The lowest BCUT2D eigenvalue weighted by atomic mass is 10.2. The summed E-state index contributed by atoms with van der Waals surface area (Å²) >= 11 is 0. The second-order valence-corrected chi connectivity index (χ2v) is 8.70. The Balaban J connectivity index is 1.59. The number of rotatable bonds is 7. The summed E-state index contributed by atoms with van der Waals surface area (Å²) in [5.41, 5.74) is 0.283. The molecule has 0 aromatic heterocycles. The lowest BCUT2D eigenvalue weighted by Crippen LogP contribution is -2.50. The number of carbonyl (C=O) groups excluding carboxylic acids is 1. The highest BCUT2D eigenvalue weighted by molar-refractivity contribution is 7.89. The Labute approximate surface area is 182 Å². The molecule has 1 aliphatic rings. The van der Waals surface area contributed by atoms with Gasteiger partial charge in [0.05, 0.1) is 9.82 Å². The number of halogens is 2. The van der Waals surface area contributed by atoms with Gasteiger partial charge in [0.1, 0.15) is 5.75 Å². The smallest absolute Gasteiger partial charge is 0.387 e. The highest BCUT2D eigenvalue weighted by Gasteiger charge is 2.30. The van der Waals surface area contributed by atoms with Crippen molar-refractivity contribution in [1.82, 2.24) is 9.21 Å². The summed E-state index contributed by atoms with van der Waals surface area (Å²) in [6.07, 6.45) is 2.83. The van der Waals surface area contributed by atoms with E-state index in [0.717, 1.165) is 6.07 Å². The Morgan fingerprint density at radius 1 is 1.09 bits per heavy atom. The summed E-state index contributed by atoms with van der Waals surface area (Å²) in [6, 6.07) is 10.6. The number of carbonyl (C=O) groups is 1. The van der Waals surface area contributed by atoms with E-state index >= 15 is 0 Å². The van der Waals surface area contributed by atoms with Gasteiger partial charge in [-0.1, -0.05) is 18.2 Å². The Morgan fingerprint density at radius 2 is 1.75 bits per heavy atom. The molecule has 12 heteroatoms. The molecule has 0 saturated carbocycles. The lowest BCUT2D eigenvalue weighted by molar-refractivity contribution is -0.385. The number of benzene rings is 2. The fraction of sp³-hybridized carbons (Fsp3) is 0.250. The van der Waals surface area contributed by atoms with Crippen LogP contribution in [-0.4, -0.2) is 61.2 Å². The molecule has 2 aromatic carbocycles. The molecule has 1 heterocycles. The molecule has 1 amide bonds. The molecule has 1 saturated heterocycles. The summed E-state index contributed by atoms with van der Waals surface area (Å²) < 4.78 is 55.3. The van der Waals surface area contributed by atoms with Gasteiger partial charge in [0.25, 0.3) is 5.69 Å². The minimum absolute atomic E-state index is 0.00422. The Kier molecular flexibility index (Phi) is 7.15. The first-order valence-electron chi connectivity index (χ1n) is 9.43. The maximum atomic E-state index is 12.8. The third-order valence-electron chi connectivity index (χ3n) is 4.74. The normalized spacial score (nSPS) is 15.3. The number of ether oxygens (including phenoxy) is 1. The molecule has 1 aliphatic heterocycles. The van der Waals surface area contributed by atoms with Gasteiger partial charge in [0.15, 0.2) is 0 Å². The van der Waals surface area contributed by atoms with Crippen LogP contribution >= 0.6 is 0 Å². The average Bonchev–Trinajstić information content (AvgIpc) is 2.78. The van der Waals surface area contributed by atoms with Crippen molar-refractivity contribution in [1.29, 1.82) is 0 Å². The summed E-state index contributed by atoms with van der Waals surface area (Å²) in [5.74, 6) is -0.324. The highest BCUT2D eigenvalue weighted by atomic mass is 32.2. The van der Waals surface area contributed by atoms with E-state index in [1.165, 1.54) is 63.8 Å². The van der Waals surface area contributed by atoms with E-state index in [9.17, 15) is 32.1 Å². The highest BCUT2D eigenvalue weighted by Crippen LogP contribution is 2.22. The molecule has 32 heavy (non-hydrogen) atoms. The van der Waals surface area contributed by atoms with Gasteiger partial charge >= 0.3 is 6.61 Å². The first-order chi connectivity index (χ1) is 15.2. The van der Waals surface area contributed by atoms with Crippen molar-refractivity contribution in [3.05, 3.63) is 70.3 Å². The van der Waals surface area contributed by atoms with Crippen molar-refractivity contribution in [2.75, 3.05) is 26.2 Å². The third kappa shape index (κ3) is 5.65. The summed E-state index contributed by atoms with van der Waals surface area (Å²) in [6.45, 7) is -2.52. The predicted octanol–water partition coefficient (Wildman–Crippen LogP) is 2.74. The quantitative estimate of drug-likeness (QED) is 0.352. The molecule has 1 fully saturated rings. The molecule has 0 unspecified atom stereocenters. The van der Waals surface area contributed by atoms with Crippen LogP contribution in [0.3, 0.4) is 0 Å². The van der Waals surface area contributed by atoms with E-state index in [1.54, 1.807) is 0 Å². The van der Waals surface area contributed by atoms with Gasteiger partial charge in [-0.05, 0) is 29.8 Å². The molecule has 0 spiro atoms. The van der Waals surface area contributed by atoms with Crippen LogP contribution in [0, 0.1) is 10.1 Å². The van der Waals surface area contributed by atoms with Gasteiger partial charge in [0, 0.05) is 44.4 Å². The topological polar surface area (TPSA) is 110 Å². The number of hydrogen-bond acceptors (Lipinski definition) is 6. The Bertz CT molecular complexity index is 1110. The second-order valence-electron chi connectivity index (χ2n) is 6.76. The van der Waals surface area contributed by atoms with Crippen molar-refractivity contribution >= 4 is 27.7 Å². The summed E-state index contributed by atoms with van der Waals surface area (Å²) in [5, 5.41) is 10.9. The standard InChI is InChI=1S/C20H19F2N3O6S/c21-20(22)31-17-7-4-15(5-8-17)6-9-19(26)23-10-12-24(13-11-23)32(29,30)18-3-1-2-16(14-18)25(27)28/h1-9,14,20H,10-13H2/b9-6+. The van der Waals surface area contributed by atoms with Crippen LogP contribution in [0.15, 0.2) is 59.5 Å². The zero-order valence-corrected chi connectivity index (χ0v) is 17.5. The fourth-order valence-electron chi connectivity index (χ4n) is 3.09. The molecule has 2 aromatic rings. The van der Waals surface area contributed by atoms with E-state index in [0.29, 0.717) is 5.56 Å². The average molecular weight is 467 g/mol. The number of amides is 1. The zero-order chi connectivity index (χ0) is 23.3. The first kappa shape index (κ1) is 23.3. The van der Waals surface area contributed by atoms with Gasteiger partial charge < -0.3 is 9.64 Å². The summed E-state index contributed by atoms with van der Waals surface area (Å²) in [7, 11) is -3.93. The minimum atomic E-state index is -3.93. The Hall–Kier alpha value is -3.38. The molecule has 0 aliphatic carbocycles. The number of nitrogens with zero attached hydrogens (tertiary/aromatic N) is 3. The van der Waals surface area contributed by atoms with E-state index in [2.05, 4.69) is 4.74 Å². The van der Waals surface area contributed by atoms with Crippen molar-refractivity contribution in [3.8, 4) is 5.75 Å². The second kappa shape index (κ2) is 9.83. The number of nitro benzene ring substituents is 1. The maximum absolute atomic E-state index is 12.8. The van der Waals surface area contributed by atoms with Crippen molar-refractivity contribution in [2.24, 2.45) is 0 Å². The van der Waals surface area contributed by atoms with E-state index in [-0.39, 0.29) is 48.4 Å². The van der Waals surface area contributed by atoms with Crippen molar-refractivity contribution in [2.45, 2.75) is 11.5 Å². The van der Waals surface area contributed by atoms with Crippen LogP contribution in [0.4, 0.5) is 14.5 Å². The van der Waals surface area contributed by atoms with Crippen LogP contribution in [-0.2, 0) is 14.8 Å². The maximum Gasteiger partial charge on any atom is 0.387 e.